The van der Waals surface area contributed by atoms with Crippen molar-refractivity contribution in [3.63, 3.8) is 0 Å². The van der Waals surface area contributed by atoms with Gasteiger partial charge in [0.25, 0.3) is 11.8 Å². The molecule has 0 aliphatic carbocycles. The maximum Gasteiger partial charge on any atom is 0.282 e. The highest BCUT2D eigenvalue weighted by Gasteiger charge is 2.40. The van der Waals surface area contributed by atoms with Crippen molar-refractivity contribution < 1.29 is 14.3 Å². The van der Waals surface area contributed by atoms with E-state index in [0.717, 1.165) is 0 Å². The summed E-state index contributed by atoms with van der Waals surface area (Å²) in [4.78, 5) is 27.7. The number of anilines is 2. The molecule has 0 aromatic heterocycles. The fourth-order valence-electron chi connectivity index (χ4n) is 3.21. The number of carbonyl (C=O) groups is 2. The van der Waals surface area contributed by atoms with Crippen LogP contribution in [-0.4, -0.2) is 18.9 Å². The molecule has 0 saturated heterocycles. The van der Waals surface area contributed by atoms with Crippen molar-refractivity contribution in [1.29, 1.82) is 0 Å². The average Bonchev–Trinajstić information content (AvgIpc) is 2.99. The van der Waals surface area contributed by atoms with Gasteiger partial charge in [-0.2, -0.15) is 0 Å². The molecule has 0 bridgehead atoms. The van der Waals surface area contributed by atoms with Crippen molar-refractivity contribution in [2.45, 2.75) is 0 Å². The molecule has 3 aromatic rings. The van der Waals surface area contributed by atoms with Gasteiger partial charge in [0.15, 0.2) is 0 Å². The maximum atomic E-state index is 13.2. The zero-order valence-corrected chi connectivity index (χ0v) is 15.3. The van der Waals surface area contributed by atoms with E-state index < -0.39 is 5.91 Å². The van der Waals surface area contributed by atoms with Gasteiger partial charge in [0.1, 0.15) is 11.4 Å². The van der Waals surface area contributed by atoms with Crippen LogP contribution >= 0.6 is 0 Å². The molecule has 1 aliphatic rings. The minimum atomic E-state index is -0.402. The molecule has 0 atom stereocenters. The summed E-state index contributed by atoms with van der Waals surface area (Å²) in [5.74, 6) is -0.179. The normalized spacial score (nSPS) is 13.8. The van der Waals surface area contributed by atoms with Crippen molar-refractivity contribution in [3.05, 3.63) is 96.2 Å². The Labute approximate surface area is 162 Å². The molecule has 1 heterocycles. The number of hydrogen-bond acceptors (Lipinski definition) is 4. The van der Waals surface area contributed by atoms with E-state index in [0.29, 0.717) is 28.3 Å². The second-order valence-corrected chi connectivity index (χ2v) is 6.22. The molecule has 5 heteroatoms. The number of hydrogen-bond donors (Lipinski definition) is 1. The highest BCUT2D eigenvalue weighted by molar-refractivity contribution is 6.46. The van der Waals surface area contributed by atoms with Crippen LogP contribution in [0.1, 0.15) is 5.56 Å². The van der Waals surface area contributed by atoms with Crippen LogP contribution < -0.4 is 15.0 Å². The van der Waals surface area contributed by atoms with Crippen LogP contribution in [0, 0.1) is 0 Å². The number of nitrogens with zero attached hydrogens (tertiary/aromatic N) is 1. The predicted octanol–water partition coefficient (Wildman–Crippen LogP) is 4.09. The largest absolute Gasteiger partial charge is 0.495 e. The van der Waals surface area contributed by atoms with E-state index in [9.17, 15) is 9.59 Å². The Morgan fingerprint density at radius 1 is 0.750 bits per heavy atom. The lowest BCUT2D eigenvalue weighted by Crippen LogP contribution is -2.32. The summed E-state index contributed by atoms with van der Waals surface area (Å²) in [6.07, 6.45) is 0. The fourth-order valence-corrected chi connectivity index (χ4v) is 3.21. The lowest BCUT2D eigenvalue weighted by Gasteiger charge is -2.15. The molecule has 1 aliphatic heterocycles. The van der Waals surface area contributed by atoms with Crippen LogP contribution in [-0.2, 0) is 9.59 Å². The first-order valence-electron chi connectivity index (χ1n) is 8.84. The van der Waals surface area contributed by atoms with Gasteiger partial charge in [0.2, 0.25) is 0 Å². The lowest BCUT2D eigenvalue weighted by molar-refractivity contribution is -0.120. The first kappa shape index (κ1) is 17.5. The Morgan fingerprint density at radius 2 is 1.36 bits per heavy atom. The summed E-state index contributed by atoms with van der Waals surface area (Å²) in [6.45, 7) is 0. The van der Waals surface area contributed by atoms with Gasteiger partial charge in [0.05, 0.1) is 24.1 Å². The maximum absolute atomic E-state index is 13.2. The average molecular weight is 370 g/mol. The standard InChI is InChI=1S/C23H18N2O3/c1-28-19-15-9-8-14-18(19)24-21-20(16-10-4-2-5-11-16)22(26)25(23(21)27)17-12-6-3-7-13-17/h2-15,24H,1H3. The predicted molar refractivity (Wildman–Crippen MR) is 109 cm³/mol. The third-order valence-electron chi connectivity index (χ3n) is 4.53. The molecule has 0 spiro atoms. The summed E-state index contributed by atoms with van der Waals surface area (Å²) >= 11 is 0. The Morgan fingerprint density at radius 3 is 2.04 bits per heavy atom. The van der Waals surface area contributed by atoms with E-state index in [1.54, 1.807) is 43.5 Å². The summed E-state index contributed by atoms with van der Waals surface area (Å²) in [5.41, 5.74) is 2.38. The molecule has 1 N–H and O–H groups in total. The number of rotatable bonds is 5. The minimum Gasteiger partial charge on any atom is -0.495 e. The number of nitrogens with one attached hydrogen (secondary N) is 1. The summed E-state index contributed by atoms with van der Waals surface area (Å²) in [7, 11) is 1.56. The Bertz CT molecular complexity index is 1060. The molecule has 138 valence electrons. The van der Waals surface area contributed by atoms with E-state index in [1.165, 1.54) is 4.90 Å². The third-order valence-corrected chi connectivity index (χ3v) is 4.53. The van der Waals surface area contributed by atoms with Crippen molar-refractivity contribution in [3.8, 4) is 5.75 Å². The Hall–Kier alpha value is -3.86. The van der Waals surface area contributed by atoms with Gasteiger partial charge in [0, 0.05) is 0 Å². The summed E-state index contributed by atoms with van der Waals surface area (Å²) in [5, 5.41) is 3.13. The number of methoxy groups -OCH3 is 1. The Kier molecular flexibility index (Phi) is 4.64. The second-order valence-electron chi connectivity index (χ2n) is 6.22. The fraction of sp³-hybridized carbons (Fsp3) is 0.0435. The van der Waals surface area contributed by atoms with Crippen molar-refractivity contribution >= 4 is 28.8 Å². The van der Waals surface area contributed by atoms with Crippen LogP contribution in [0.2, 0.25) is 0 Å². The van der Waals surface area contributed by atoms with Gasteiger partial charge < -0.3 is 10.1 Å². The lowest BCUT2D eigenvalue weighted by atomic mass is 10.0. The molecular formula is C23H18N2O3. The number of para-hydroxylation sites is 3. The van der Waals surface area contributed by atoms with Gasteiger partial charge >= 0.3 is 0 Å². The Balaban J connectivity index is 1.84. The summed E-state index contributed by atoms with van der Waals surface area (Å²) in [6, 6.07) is 25.4. The zero-order chi connectivity index (χ0) is 19.5. The molecule has 0 fully saturated rings. The van der Waals surface area contributed by atoms with Gasteiger partial charge in [-0.25, -0.2) is 4.90 Å². The molecule has 0 radical (unpaired) electrons. The smallest absolute Gasteiger partial charge is 0.282 e. The first-order chi connectivity index (χ1) is 13.7. The summed E-state index contributed by atoms with van der Waals surface area (Å²) < 4.78 is 5.38. The number of benzene rings is 3. The molecule has 3 aromatic carbocycles. The van der Waals surface area contributed by atoms with Crippen LogP contribution in [0.15, 0.2) is 90.6 Å². The SMILES string of the molecule is COc1ccccc1NC1=C(c2ccccc2)C(=O)N(c2ccccc2)C1=O. The topological polar surface area (TPSA) is 58.6 Å². The van der Waals surface area contributed by atoms with Crippen LogP contribution in [0.3, 0.4) is 0 Å². The number of amides is 2. The van der Waals surface area contributed by atoms with Crippen molar-refractivity contribution in [2.75, 3.05) is 17.3 Å². The van der Waals surface area contributed by atoms with E-state index in [-0.39, 0.29) is 11.6 Å². The molecular weight excluding hydrogens is 352 g/mol. The van der Waals surface area contributed by atoms with Gasteiger partial charge in [-0.1, -0.05) is 60.7 Å². The van der Waals surface area contributed by atoms with Crippen molar-refractivity contribution in [1.82, 2.24) is 0 Å². The monoisotopic (exact) mass is 370 g/mol. The quantitative estimate of drug-likeness (QED) is 0.687. The second kappa shape index (κ2) is 7.40. The number of imide groups is 1. The molecule has 0 saturated carbocycles. The van der Waals surface area contributed by atoms with E-state index >= 15 is 0 Å². The highest BCUT2D eigenvalue weighted by Crippen LogP contribution is 2.35. The molecule has 28 heavy (non-hydrogen) atoms. The van der Waals surface area contributed by atoms with E-state index in [4.69, 9.17) is 4.74 Å². The van der Waals surface area contributed by atoms with Crippen LogP contribution in [0.5, 0.6) is 5.75 Å². The van der Waals surface area contributed by atoms with E-state index in [2.05, 4.69) is 5.32 Å². The molecule has 2 amide bonds. The van der Waals surface area contributed by atoms with Gasteiger partial charge in [-0.3, -0.25) is 9.59 Å². The van der Waals surface area contributed by atoms with Crippen LogP contribution in [0.25, 0.3) is 5.57 Å². The third kappa shape index (κ3) is 3.03. The number of ether oxygens (including phenoxy) is 1. The first-order valence-corrected chi connectivity index (χ1v) is 8.84. The zero-order valence-electron chi connectivity index (χ0n) is 15.3. The minimum absolute atomic E-state index is 0.226. The van der Waals surface area contributed by atoms with Gasteiger partial charge in [-0.15, -0.1) is 0 Å². The van der Waals surface area contributed by atoms with E-state index in [1.807, 2.05) is 48.5 Å². The highest BCUT2D eigenvalue weighted by atomic mass is 16.5. The van der Waals surface area contributed by atoms with Crippen molar-refractivity contribution in [2.24, 2.45) is 0 Å². The molecule has 4 rings (SSSR count). The molecule has 0 unspecified atom stereocenters. The van der Waals surface area contributed by atoms with Gasteiger partial charge in [-0.05, 0) is 29.8 Å². The molecule has 5 nitrogen and oxygen atoms in total. The number of carbonyl (C=O) groups excluding carboxylic acids is 2. The van der Waals surface area contributed by atoms with Crippen LogP contribution in [0.4, 0.5) is 11.4 Å².